The van der Waals surface area contributed by atoms with Crippen molar-refractivity contribution in [3.63, 3.8) is 0 Å². The molecule has 0 aromatic carbocycles. The van der Waals surface area contributed by atoms with Crippen LogP contribution in [0.2, 0.25) is 0 Å². The van der Waals surface area contributed by atoms with E-state index in [0.29, 0.717) is 6.54 Å². The lowest BCUT2D eigenvalue weighted by Gasteiger charge is -2.21. The highest BCUT2D eigenvalue weighted by atomic mass is 32.1. The van der Waals surface area contributed by atoms with Gasteiger partial charge in [-0.3, -0.25) is 9.56 Å². The molecule has 3 rings (SSSR count). The first-order valence-corrected chi connectivity index (χ1v) is 9.45. The molecule has 0 spiro atoms. The van der Waals surface area contributed by atoms with Crippen LogP contribution in [0.15, 0.2) is 53.2 Å². The van der Waals surface area contributed by atoms with Crippen molar-refractivity contribution in [1.82, 2.24) is 24.8 Å². The van der Waals surface area contributed by atoms with Crippen LogP contribution in [-0.4, -0.2) is 46.0 Å². The van der Waals surface area contributed by atoms with Crippen molar-refractivity contribution < 1.29 is 0 Å². The fraction of sp³-hybridized carbons (Fsp3) is 0.316. The second kappa shape index (κ2) is 8.62. The van der Waals surface area contributed by atoms with Gasteiger partial charge < -0.3 is 10.2 Å². The molecule has 3 aromatic rings. The summed E-state index contributed by atoms with van der Waals surface area (Å²) in [4.78, 5) is 16.7. The number of pyridine rings is 1. The van der Waals surface area contributed by atoms with Gasteiger partial charge in [0.2, 0.25) is 0 Å². The van der Waals surface area contributed by atoms with Crippen molar-refractivity contribution in [3.8, 4) is 5.82 Å². The van der Waals surface area contributed by atoms with E-state index in [2.05, 4.69) is 55.8 Å². The van der Waals surface area contributed by atoms with Crippen molar-refractivity contribution in [2.45, 2.75) is 19.9 Å². The number of rotatable bonds is 6. The van der Waals surface area contributed by atoms with E-state index >= 15 is 0 Å². The highest BCUT2D eigenvalue weighted by Crippen LogP contribution is 2.10. The van der Waals surface area contributed by atoms with E-state index in [1.54, 1.807) is 17.5 Å². The summed E-state index contributed by atoms with van der Waals surface area (Å²) in [6, 6.07) is 8.35. The topological polar surface area (TPSA) is 58.3 Å². The summed E-state index contributed by atoms with van der Waals surface area (Å²) in [5, 5.41) is 5.52. The van der Waals surface area contributed by atoms with E-state index in [1.165, 1.54) is 4.88 Å². The number of guanidine groups is 1. The summed E-state index contributed by atoms with van der Waals surface area (Å²) in [5.74, 6) is 2.69. The average molecular weight is 369 g/mol. The fourth-order valence-corrected chi connectivity index (χ4v) is 3.39. The maximum atomic E-state index is 4.53. The maximum Gasteiger partial charge on any atom is 0.193 e. The van der Waals surface area contributed by atoms with Crippen molar-refractivity contribution >= 4 is 17.3 Å². The molecular weight excluding hydrogens is 344 g/mol. The molecule has 0 saturated carbocycles. The normalized spacial score (nSPS) is 11.6. The van der Waals surface area contributed by atoms with Crippen molar-refractivity contribution in [2.24, 2.45) is 4.99 Å². The largest absolute Gasteiger partial charge is 0.352 e. The Morgan fingerprint density at radius 3 is 2.81 bits per heavy atom. The van der Waals surface area contributed by atoms with E-state index in [1.807, 2.05) is 37.0 Å². The van der Waals surface area contributed by atoms with E-state index in [9.17, 15) is 0 Å². The first-order chi connectivity index (χ1) is 12.7. The standard InChI is InChI=1S/C19H24N6S/c1-15-21-9-11-25(15)18-7-6-16(13-22-18)14-23-19(20-2)24(3)10-8-17-5-4-12-26-17/h4-7,9,11-13H,8,10,14H2,1-3H3,(H,20,23). The number of hydrogen-bond acceptors (Lipinski definition) is 4. The minimum Gasteiger partial charge on any atom is -0.352 e. The van der Waals surface area contributed by atoms with Gasteiger partial charge in [-0.15, -0.1) is 11.3 Å². The van der Waals surface area contributed by atoms with Gasteiger partial charge in [0.1, 0.15) is 11.6 Å². The molecule has 0 unspecified atom stereocenters. The molecule has 0 saturated heterocycles. The quantitative estimate of drug-likeness (QED) is 0.537. The van der Waals surface area contributed by atoms with E-state index in [4.69, 9.17) is 0 Å². The minimum absolute atomic E-state index is 0.687. The minimum atomic E-state index is 0.687. The monoisotopic (exact) mass is 368 g/mol. The van der Waals surface area contributed by atoms with Gasteiger partial charge in [-0.1, -0.05) is 12.1 Å². The zero-order valence-corrected chi connectivity index (χ0v) is 16.2. The molecule has 0 amide bonds. The van der Waals surface area contributed by atoms with Crippen LogP contribution in [0.1, 0.15) is 16.3 Å². The van der Waals surface area contributed by atoms with Crippen molar-refractivity contribution in [2.75, 3.05) is 20.6 Å². The summed E-state index contributed by atoms with van der Waals surface area (Å²) in [5.41, 5.74) is 1.11. The van der Waals surface area contributed by atoms with Gasteiger partial charge in [0.15, 0.2) is 5.96 Å². The van der Waals surface area contributed by atoms with E-state index < -0.39 is 0 Å². The molecule has 1 N–H and O–H groups in total. The fourth-order valence-electron chi connectivity index (χ4n) is 2.69. The van der Waals surface area contributed by atoms with Crippen LogP contribution in [0.4, 0.5) is 0 Å². The van der Waals surface area contributed by atoms with Gasteiger partial charge >= 0.3 is 0 Å². The lowest BCUT2D eigenvalue weighted by atomic mass is 10.3. The van der Waals surface area contributed by atoms with Crippen molar-refractivity contribution in [3.05, 3.63) is 64.5 Å². The Morgan fingerprint density at radius 1 is 1.31 bits per heavy atom. The van der Waals surface area contributed by atoms with Crippen LogP contribution in [0.25, 0.3) is 5.82 Å². The van der Waals surface area contributed by atoms with Gasteiger partial charge in [-0.05, 0) is 36.4 Å². The van der Waals surface area contributed by atoms with Gasteiger partial charge in [0, 0.05) is 50.7 Å². The third kappa shape index (κ3) is 4.49. The Bertz CT molecular complexity index is 835. The van der Waals surface area contributed by atoms with Crippen molar-refractivity contribution in [1.29, 1.82) is 0 Å². The molecule has 0 atom stereocenters. The Kier molecular flexibility index (Phi) is 6.01. The molecule has 0 aliphatic rings. The predicted octanol–water partition coefficient (Wildman–Crippen LogP) is 2.89. The van der Waals surface area contributed by atoms with Gasteiger partial charge in [-0.2, -0.15) is 0 Å². The molecule has 0 radical (unpaired) electrons. The number of hydrogen-bond donors (Lipinski definition) is 1. The Balaban J connectivity index is 1.54. The lowest BCUT2D eigenvalue weighted by Crippen LogP contribution is -2.39. The number of thiophene rings is 1. The van der Waals surface area contributed by atoms with Crippen LogP contribution in [-0.2, 0) is 13.0 Å². The maximum absolute atomic E-state index is 4.53. The van der Waals surface area contributed by atoms with Gasteiger partial charge in [-0.25, -0.2) is 9.97 Å². The molecule has 0 bridgehead atoms. The zero-order chi connectivity index (χ0) is 18.4. The van der Waals surface area contributed by atoms with Crippen LogP contribution >= 0.6 is 11.3 Å². The number of likely N-dealkylation sites (N-methyl/N-ethyl adjacent to an activating group) is 1. The molecule has 0 fully saturated rings. The predicted molar refractivity (Wildman–Crippen MR) is 107 cm³/mol. The number of nitrogens with zero attached hydrogens (tertiary/aromatic N) is 5. The summed E-state index contributed by atoms with van der Waals surface area (Å²) < 4.78 is 1.97. The molecule has 7 heteroatoms. The number of aryl methyl sites for hydroxylation is 1. The average Bonchev–Trinajstić information content (AvgIpc) is 3.32. The number of aliphatic imine (C=N–C) groups is 1. The van der Waals surface area contributed by atoms with Gasteiger partial charge in [0.25, 0.3) is 0 Å². The van der Waals surface area contributed by atoms with Crippen LogP contribution in [0, 0.1) is 6.92 Å². The smallest absolute Gasteiger partial charge is 0.193 e. The second-order valence-electron chi connectivity index (χ2n) is 6.02. The van der Waals surface area contributed by atoms with Gasteiger partial charge in [0.05, 0.1) is 0 Å². The summed E-state index contributed by atoms with van der Waals surface area (Å²) in [6.07, 6.45) is 6.61. The first kappa shape index (κ1) is 18.1. The summed E-state index contributed by atoms with van der Waals surface area (Å²) in [7, 11) is 3.87. The zero-order valence-electron chi connectivity index (χ0n) is 15.4. The lowest BCUT2D eigenvalue weighted by molar-refractivity contribution is 0.486. The first-order valence-electron chi connectivity index (χ1n) is 8.57. The Hall–Kier alpha value is -2.67. The van der Waals surface area contributed by atoms with E-state index in [0.717, 1.165) is 36.1 Å². The molecule has 6 nitrogen and oxygen atoms in total. The summed E-state index contributed by atoms with van der Waals surface area (Å²) >= 11 is 1.79. The molecular formula is C19H24N6S. The third-order valence-electron chi connectivity index (χ3n) is 4.18. The summed E-state index contributed by atoms with van der Waals surface area (Å²) in [6.45, 7) is 3.58. The SMILES string of the molecule is CN=C(NCc1ccc(-n2ccnc2C)nc1)N(C)CCc1cccs1. The Morgan fingerprint density at radius 2 is 2.19 bits per heavy atom. The Labute approximate surface area is 158 Å². The number of imidazole rings is 1. The van der Waals surface area contributed by atoms with Crippen LogP contribution < -0.4 is 5.32 Å². The molecule has 136 valence electrons. The molecule has 3 heterocycles. The molecule has 0 aliphatic heterocycles. The van der Waals surface area contributed by atoms with Crippen LogP contribution in [0.5, 0.6) is 0 Å². The third-order valence-corrected chi connectivity index (χ3v) is 5.12. The second-order valence-corrected chi connectivity index (χ2v) is 7.05. The molecule has 0 aliphatic carbocycles. The number of aromatic nitrogens is 3. The van der Waals surface area contributed by atoms with E-state index in [-0.39, 0.29) is 0 Å². The molecule has 3 aromatic heterocycles. The highest BCUT2D eigenvalue weighted by Gasteiger charge is 2.07. The highest BCUT2D eigenvalue weighted by molar-refractivity contribution is 7.09. The molecule has 26 heavy (non-hydrogen) atoms. The van der Waals surface area contributed by atoms with Crippen LogP contribution in [0.3, 0.4) is 0 Å². The number of nitrogens with one attached hydrogen (secondary N) is 1.